The van der Waals surface area contributed by atoms with E-state index in [2.05, 4.69) is 26.6 Å². The molecule has 0 aliphatic rings. The second-order valence-corrected chi connectivity index (χ2v) is 15.1. The average molecular weight is 768 g/mol. The smallest absolute Gasteiger partial charge is 0.408 e. The van der Waals surface area contributed by atoms with Crippen molar-refractivity contribution in [3.05, 3.63) is 71.8 Å². The molecule has 2 aromatic carbocycles. The minimum absolute atomic E-state index is 0.0219. The largest absolute Gasteiger partial charge is 0.467 e. The van der Waals surface area contributed by atoms with E-state index in [1.54, 1.807) is 39.8 Å². The Hall–Kier alpha value is -4.98. The lowest BCUT2D eigenvalue weighted by atomic mass is 9.87. The number of methoxy groups -OCH3 is 1. The number of aliphatic hydroxyl groups is 1. The molecule has 2 rings (SSSR count). The van der Waals surface area contributed by atoms with Crippen LogP contribution in [0.1, 0.15) is 79.4 Å². The Kier molecular flexibility index (Phi) is 19.4. The fourth-order valence-corrected chi connectivity index (χ4v) is 5.88. The normalized spacial score (nSPS) is 15.1. The lowest BCUT2D eigenvalue weighted by molar-refractivity contribution is -0.147. The van der Waals surface area contributed by atoms with Gasteiger partial charge in [0.25, 0.3) is 0 Å². The van der Waals surface area contributed by atoms with Gasteiger partial charge in [0.05, 0.1) is 19.3 Å². The SMILES string of the molecule is COC(=O)C(NC(=O)C(NC(=O)C(CC(C)C)CC(O)C(Cc1ccccc1)NC(=O)C(C)NC(=O)C(C)NC(=O)OCc1ccccc1)C(C)C)C(C)C. The summed E-state index contributed by atoms with van der Waals surface area (Å²) in [5, 5.41) is 25.1. The van der Waals surface area contributed by atoms with E-state index in [4.69, 9.17) is 9.47 Å². The zero-order valence-electron chi connectivity index (χ0n) is 33.6. The van der Waals surface area contributed by atoms with Crippen LogP contribution in [0.3, 0.4) is 0 Å². The highest BCUT2D eigenvalue weighted by atomic mass is 16.5. The van der Waals surface area contributed by atoms with E-state index < -0.39 is 77.9 Å². The van der Waals surface area contributed by atoms with Crippen molar-refractivity contribution in [3.8, 4) is 0 Å². The molecule has 0 heterocycles. The average Bonchev–Trinajstić information content (AvgIpc) is 3.14. The van der Waals surface area contributed by atoms with Gasteiger partial charge in [-0.15, -0.1) is 0 Å². The summed E-state index contributed by atoms with van der Waals surface area (Å²) in [6, 6.07) is 13.5. The Labute approximate surface area is 325 Å². The number of esters is 1. The summed E-state index contributed by atoms with van der Waals surface area (Å²) in [7, 11) is 1.24. The van der Waals surface area contributed by atoms with Gasteiger partial charge in [0.2, 0.25) is 23.6 Å². The van der Waals surface area contributed by atoms with Gasteiger partial charge in [0.1, 0.15) is 30.8 Å². The van der Waals surface area contributed by atoms with Crippen LogP contribution in [-0.4, -0.2) is 84.2 Å². The molecule has 0 bridgehead atoms. The minimum atomic E-state index is -1.21. The highest BCUT2D eigenvalue weighted by molar-refractivity contribution is 5.92. The van der Waals surface area contributed by atoms with Gasteiger partial charge in [0, 0.05) is 5.92 Å². The van der Waals surface area contributed by atoms with Crippen molar-refractivity contribution in [2.24, 2.45) is 23.7 Å². The summed E-state index contributed by atoms with van der Waals surface area (Å²) >= 11 is 0. The van der Waals surface area contributed by atoms with Gasteiger partial charge in [-0.25, -0.2) is 9.59 Å². The van der Waals surface area contributed by atoms with Crippen LogP contribution in [0.4, 0.5) is 4.79 Å². The maximum absolute atomic E-state index is 13.9. The van der Waals surface area contributed by atoms with Crippen molar-refractivity contribution in [1.82, 2.24) is 26.6 Å². The van der Waals surface area contributed by atoms with E-state index >= 15 is 0 Å². The van der Waals surface area contributed by atoms with Crippen LogP contribution < -0.4 is 26.6 Å². The molecule has 6 N–H and O–H groups in total. The van der Waals surface area contributed by atoms with E-state index in [0.717, 1.165) is 11.1 Å². The first-order chi connectivity index (χ1) is 25.9. The fourth-order valence-electron chi connectivity index (χ4n) is 5.88. The Morgan fingerprint density at radius 1 is 0.600 bits per heavy atom. The third kappa shape index (κ3) is 16.1. The molecule has 304 valence electrons. The van der Waals surface area contributed by atoms with Crippen molar-refractivity contribution >= 4 is 35.7 Å². The Morgan fingerprint density at radius 3 is 1.64 bits per heavy atom. The topological polar surface area (TPSA) is 201 Å². The first-order valence-electron chi connectivity index (χ1n) is 18.9. The number of amides is 5. The molecule has 5 amide bonds. The number of hydrogen-bond donors (Lipinski definition) is 6. The fraction of sp³-hybridized carbons (Fsp3) is 0.561. The van der Waals surface area contributed by atoms with Gasteiger partial charge < -0.3 is 41.2 Å². The molecule has 0 saturated heterocycles. The van der Waals surface area contributed by atoms with Gasteiger partial charge in [-0.05, 0) is 62.0 Å². The van der Waals surface area contributed by atoms with Crippen molar-refractivity contribution < 1.29 is 43.3 Å². The Bertz CT molecular complexity index is 1540. The summed E-state index contributed by atoms with van der Waals surface area (Å²) < 4.78 is 10.0. The molecule has 2 aromatic rings. The van der Waals surface area contributed by atoms with Crippen LogP contribution in [-0.2, 0) is 46.5 Å². The number of aliphatic hydroxyl groups excluding tert-OH is 1. The third-order valence-electron chi connectivity index (χ3n) is 9.10. The van der Waals surface area contributed by atoms with Gasteiger partial charge in [-0.2, -0.15) is 0 Å². The zero-order chi connectivity index (χ0) is 41.2. The molecule has 55 heavy (non-hydrogen) atoms. The Morgan fingerprint density at radius 2 is 1.11 bits per heavy atom. The standard InChI is InChI=1S/C41H61N5O9/c1-24(2)20-31(38(50)45-34(25(3)4)39(51)46-35(26(5)6)40(52)54-9)22-33(47)32(21-29-16-12-10-13-17-29)44-37(49)27(7)42-36(48)28(8)43-41(53)55-23-30-18-14-11-15-19-30/h10-19,24-28,31-35,47H,20-23H2,1-9H3,(H,42,48)(H,43,53)(H,44,49)(H,45,50)(H,46,51). The predicted molar refractivity (Wildman–Crippen MR) is 208 cm³/mol. The van der Waals surface area contributed by atoms with Crippen LogP contribution in [0.2, 0.25) is 0 Å². The van der Waals surface area contributed by atoms with Crippen LogP contribution in [0.5, 0.6) is 0 Å². The maximum atomic E-state index is 13.9. The molecule has 0 saturated carbocycles. The molecule has 0 aromatic heterocycles. The van der Waals surface area contributed by atoms with Crippen molar-refractivity contribution in [1.29, 1.82) is 0 Å². The minimum Gasteiger partial charge on any atom is -0.467 e. The molecular weight excluding hydrogens is 706 g/mol. The van der Waals surface area contributed by atoms with E-state index in [0.29, 0.717) is 6.42 Å². The quantitative estimate of drug-likeness (QED) is 0.103. The first-order valence-corrected chi connectivity index (χ1v) is 18.9. The lowest BCUT2D eigenvalue weighted by Gasteiger charge is -2.31. The highest BCUT2D eigenvalue weighted by Gasteiger charge is 2.35. The number of rotatable bonds is 21. The molecule has 0 fully saturated rings. The van der Waals surface area contributed by atoms with Crippen LogP contribution >= 0.6 is 0 Å². The summed E-state index contributed by atoms with van der Waals surface area (Å²) in [4.78, 5) is 78.3. The highest BCUT2D eigenvalue weighted by Crippen LogP contribution is 2.22. The first kappa shape index (κ1) is 46.2. The molecule has 14 nitrogen and oxygen atoms in total. The second kappa shape index (κ2) is 23.1. The van der Waals surface area contributed by atoms with Crippen molar-refractivity contribution in [2.45, 2.75) is 118 Å². The number of alkyl carbamates (subject to hydrolysis) is 1. The third-order valence-corrected chi connectivity index (χ3v) is 9.10. The molecule has 0 radical (unpaired) electrons. The second-order valence-electron chi connectivity index (χ2n) is 15.1. The van der Waals surface area contributed by atoms with Gasteiger partial charge in [0.15, 0.2) is 0 Å². The van der Waals surface area contributed by atoms with Crippen molar-refractivity contribution in [2.75, 3.05) is 7.11 Å². The molecule has 14 heteroatoms. The molecule has 0 spiro atoms. The van der Waals surface area contributed by atoms with Gasteiger partial charge >= 0.3 is 12.1 Å². The summed E-state index contributed by atoms with van der Waals surface area (Å²) in [6.07, 6.45) is -1.45. The van der Waals surface area contributed by atoms with E-state index in [-0.39, 0.29) is 37.2 Å². The van der Waals surface area contributed by atoms with E-state index in [9.17, 15) is 33.9 Å². The summed E-state index contributed by atoms with van der Waals surface area (Å²) in [5.41, 5.74) is 1.60. The Balaban J connectivity index is 2.17. The summed E-state index contributed by atoms with van der Waals surface area (Å²) in [5.74, 6) is -4.07. The number of benzene rings is 2. The maximum Gasteiger partial charge on any atom is 0.408 e. The zero-order valence-corrected chi connectivity index (χ0v) is 33.6. The molecule has 7 unspecified atom stereocenters. The number of carbonyl (C=O) groups excluding carboxylic acids is 6. The molecule has 7 atom stereocenters. The van der Waals surface area contributed by atoms with Crippen LogP contribution in [0.25, 0.3) is 0 Å². The number of hydrogen-bond acceptors (Lipinski definition) is 9. The molecule has 0 aliphatic carbocycles. The van der Waals surface area contributed by atoms with Gasteiger partial charge in [-0.3, -0.25) is 19.2 Å². The summed E-state index contributed by atoms with van der Waals surface area (Å²) in [6.45, 7) is 13.9. The van der Waals surface area contributed by atoms with Crippen LogP contribution in [0, 0.1) is 23.7 Å². The lowest BCUT2D eigenvalue weighted by Crippen LogP contribution is -2.56. The predicted octanol–water partition coefficient (Wildman–Crippen LogP) is 3.40. The van der Waals surface area contributed by atoms with Gasteiger partial charge in [-0.1, -0.05) is 102 Å². The van der Waals surface area contributed by atoms with E-state index in [1.165, 1.54) is 21.0 Å². The van der Waals surface area contributed by atoms with E-state index in [1.807, 2.05) is 62.4 Å². The molecule has 0 aliphatic heterocycles. The number of nitrogens with one attached hydrogen (secondary N) is 5. The molecular formula is C41H61N5O9. The number of ether oxygens (including phenoxy) is 2. The van der Waals surface area contributed by atoms with Crippen molar-refractivity contribution in [3.63, 3.8) is 0 Å². The number of carbonyl (C=O) groups is 6. The monoisotopic (exact) mass is 767 g/mol. The van der Waals surface area contributed by atoms with Crippen LogP contribution in [0.15, 0.2) is 60.7 Å².